The van der Waals surface area contributed by atoms with Crippen LogP contribution in [0.5, 0.6) is 5.75 Å². The van der Waals surface area contributed by atoms with Crippen LogP contribution < -0.4 is 0 Å². The molecule has 0 amide bonds. The first-order valence-electron chi connectivity index (χ1n) is 4.50. The largest absolute Gasteiger partial charge is 0.508 e. The van der Waals surface area contributed by atoms with E-state index in [9.17, 15) is 9.90 Å². The van der Waals surface area contributed by atoms with E-state index in [1.54, 1.807) is 6.07 Å². The summed E-state index contributed by atoms with van der Waals surface area (Å²) in [7, 11) is 0. The molecule has 0 aliphatic carbocycles. The van der Waals surface area contributed by atoms with Crippen molar-refractivity contribution in [3.63, 3.8) is 0 Å². The Morgan fingerprint density at radius 2 is 2.31 bits per heavy atom. The second-order valence-electron chi connectivity index (χ2n) is 3.26. The zero-order chi connectivity index (χ0) is 11.7. The van der Waals surface area contributed by atoms with Gasteiger partial charge in [-0.05, 0) is 18.2 Å². The van der Waals surface area contributed by atoms with E-state index in [-0.39, 0.29) is 5.75 Å². The lowest BCUT2D eigenvalue weighted by Crippen LogP contribution is -2.17. The highest BCUT2D eigenvalue weighted by Gasteiger charge is 2.26. The summed E-state index contributed by atoms with van der Waals surface area (Å²) < 4.78 is 0. The van der Waals surface area contributed by atoms with Crippen LogP contribution >= 0.6 is 23.4 Å². The minimum Gasteiger partial charge on any atom is -0.508 e. The molecular weight excluding hydrogens is 250 g/mol. The average molecular weight is 258 g/mol. The van der Waals surface area contributed by atoms with Crippen molar-refractivity contribution in [2.75, 3.05) is 5.75 Å². The van der Waals surface area contributed by atoms with E-state index in [0.29, 0.717) is 21.4 Å². The molecule has 4 nitrogen and oxygen atoms in total. The van der Waals surface area contributed by atoms with Gasteiger partial charge in [-0.15, -0.1) is 11.8 Å². The van der Waals surface area contributed by atoms with Gasteiger partial charge in [0.05, 0.1) is 5.02 Å². The lowest BCUT2D eigenvalue weighted by Gasteiger charge is -2.02. The smallest absolute Gasteiger partial charge is 0.329 e. The molecule has 2 rings (SSSR count). The van der Waals surface area contributed by atoms with Gasteiger partial charge in [-0.25, -0.2) is 4.79 Å². The van der Waals surface area contributed by atoms with Crippen LogP contribution in [0.3, 0.4) is 0 Å². The van der Waals surface area contributed by atoms with Crippen molar-refractivity contribution in [1.82, 2.24) is 0 Å². The Labute approximate surface area is 101 Å². The fraction of sp³-hybridized carbons (Fsp3) is 0.200. The summed E-state index contributed by atoms with van der Waals surface area (Å²) in [6, 6.07) is 3.84. The molecule has 0 saturated carbocycles. The average Bonchev–Trinajstić information content (AvgIpc) is 2.66. The molecule has 1 unspecified atom stereocenters. The number of hydrogen-bond donors (Lipinski definition) is 2. The van der Waals surface area contributed by atoms with Crippen molar-refractivity contribution in [2.24, 2.45) is 4.99 Å². The zero-order valence-corrected chi connectivity index (χ0v) is 9.63. The van der Waals surface area contributed by atoms with Crippen molar-refractivity contribution in [1.29, 1.82) is 0 Å². The highest BCUT2D eigenvalue weighted by atomic mass is 35.5. The van der Waals surface area contributed by atoms with Crippen LogP contribution in [0.15, 0.2) is 23.2 Å². The van der Waals surface area contributed by atoms with Gasteiger partial charge in [-0.2, -0.15) is 0 Å². The molecule has 0 fully saturated rings. The Kier molecular flexibility index (Phi) is 3.07. The number of phenols is 1. The molecule has 1 aromatic rings. The van der Waals surface area contributed by atoms with Crippen LogP contribution in [0, 0.1) is 0 Å². The number of carbonyl (C=O) groups is 1. The van der Waals surface area contributed by atoms with Crippen LogP contribution in [0.1, 0.15) is 5.56 Å². The molecule has 0 bridgehead atoms. The van der Waals surface area contributed by atoms with Crippen LogP contribution in [-0.4, -0.2) is 33.0 Å². The van der Waals surface area contributed by atoms with Crippen LogP contribution in [0.4, 0.5) is 0 Å². The van der Waals surface area contributed by atoms with Crippen LogP contribution in [-0.2, 0) is 4.79 Å². The number of benzene rings is 1. The Balaban J connectivity index is 2.32. The molecule has 2 N–H and O–H groups in total. The van der Waals surface area contributed by atoms with Gasteiger partial charge in [0.2, 0.25) is 0 Å². The zero-order valence-electron chi connectivity index (χ0n) is 8.05. The second-order valence-corrected chi connectivity index (χ2v) is 4.68. The number of aliphatic carboxylic acids is 1. The number of carboxylic acid groups (broad SMARTS) is 1. The number of thioether (sulfide) groups is 1. The molecule has 0 aromatic heterocycles. The summed E-state index contributed by atoms with van der Waals surface area (Å²) in [4.78, 5) is 14.8. The lowest BCUT2D eigenvalue weighted by molar-refractivity contribution is -0.137. The molecule has 1 atom stereocenters. The minimum atomic E-state index is -0.933. The Morgan fingerprint density at radius 3 is 2.88 bits per heavy atom. The topological polar surface area (TPSA) is 69.9 Å². The van der Waals surface area contributed by atoms with E-state index in [4.69, 9.17) is 16.7 Å². The number of hydrogen-bond acceptors (Lipinski definition) is 4. The van der Waals surface area contributed by atoms with Gasteiger partial charge in [0.15, 0.2) is 6.04 Å². The van der Waals surface area contributed by atoms with Gasteiger partial charge in [-0.3, -0.25) is 4.99 Å². The fourth-order valence-electron chi connectivity index (χ4n) is 1.33. The van der Waals surface area contributed by atoms with Crippen LogP contribution in [0.25, 0.3) is 0 Å². The molecule has 1 aliphatic heterocycles. The van der Waals surface area contributed by atoms with Crippen LogP contribution in [0.2, 0.25) is 5.02 Å². The maximum atomic E-state index is 10.7. The number of carboxylic acids is 1. The third-order valence-corrected chi connectivity index (χ3v) is 3.51. The van der Waals surface area contributed by atoms with E-state index in [0.717, 1.165) is 0 Å². The number of aliphatic imine (C=N–C) groups is 1. The predicted octanol–water partition coefficient (Wildman–Crippen LogP) is 1.99. The number of aromatic hydroxyl groups is 1. The van der Waals surface area contributed by atoms with Crippen molar-refractivity contribution in [3.8, 4) is 5.75 Å². The first-order valence-corrected chi connectivity index (χ1v) is 5.86. The SMILES string of the molecule is O=C(O)C1CSC(c2ccc(O)cc2Cl)=N1. The summed E-state index contributed by atoms with van der Waals surface area (Å²) in [6.07, 6.45) is 0. The summed E-state index contributed by atoms with van der Waals surface area (Å²) in [6.45, 7) is 0. The molecule has 84 valence electrons. The number of rotatable bonds is 2. The Morgan fingerprint density at radius 1 is 1.56 bits per heavy atom. The van der Waals surface area contributed by atoms with E-state index in [1.165, 1.54) is 23.9 Å². The molecular formula is C10H8ClNO3S. The number of phenolic OH excluding ortho intramolecular Hbond substituents is 1. The maximum absolute atomic E-state index is 10.7. The van der Waals surface area contributed by atoms with E-state index >= 15 is 0 Å². The molecule has 0 radical (unpaired) electrons. The predicted molar refractivity (Wildman–Crippen MR) is 63.5 cm³/mol. The van der Waals surface area contributed by atoms with Crippen molar-refractivity contribution in [3.05, 3.63) is 28.8 Å². The summed E-state index contributed by atoms with van der Waals surface area (Å²) in [5.74, 6) is -0.438. The monoisotopic (exact) mass is 257 g/mol. The van der Waals surface area contributed by atoms with Gasteiger partial charge in [0.25, 0.3) is 0 Å². The molecule has 1 aliphatic rings. The summed E-state index contributed by atoms with van der Waals surface area (Å²) >= 11 is 7.29. The quantitative estimate of drug-likeness (QED) is 0.850. The fourth-order valence-corrected chi connectivity index (χ4v) is 2.71. The molecule has 0 spiro atoms. The Bertz CT molecular complexity index is 475. The molecule has 1 heterocycles. The molecule has 6 heteroatoms. The van der Waals surface area contributed by atoms with Gasteiger partial charge >= 0.3 is 5.97 Å². The molecule has 0 saturated heterocycles. The van der Waals surface area contributed by atoms with Crippen molar-refractivity contribution >= 4 is 34.4 Å². The van der Waals surface area contributed by atoms with E-state index in [1.807, 2.05) is 0 Å². The van der Waals surface area contributed by atoms with Gasteiger partial charge in [0.1, 0.15) is 10.8 Å². The first kappa shape index (κ1) is 11.3. The summed E-state index contributed by atoms with van der Waals surface area (Å²) in [5, 5.41) is 19.0. The highest BCUT2D eigenvalue weighted by molar-refractivity contribution is 8.14. The summed E-state index contributed by atoms with van der Waals surface area (Å²) in [5.41, 5.74) is 0.660. The third kappa shape index (κ3) is 2.15. The molecule has 1 aromatic carbocycles. The standard InChI is InChI=1S/C10H8ClNO3S/c11-7-3-5(13)1-2-6(7)9-12-8(4-16-9)10(14)15/h1-3,8,13H,4H2,(H,14,15). The van der Waals surface area contributed by atoms with Crippen molar-refractivity contribution in [2.45, 2.75) is 6.04 Å². The first-order chi connectivity index (χ1) is 7.58. The number of nitrogens with zero attached hydrogens (tertiary/aromatic N) is 1. The van der Waals surface area contributed by atoms with Gasteiger partial charge < -0.3 is 10.2 Å². The van der Waals surface area contributed by atoms with Gasteiger partial charge in [0, 0.05) is 11.3 Å². The third-order valence-electron chi connectivity index (χ3n) is 2.12. The highest BCUT2D eigenvalue weighted by Crippen LogP contribution is 2.30. The normalized spacial score (nSPS) is 19.6. The van der Waals surface area contributed by atoms with E-state index in [2.05, 4.69) is 4.99 Å². The second kappa shape index (κ2) is 4.35. The van der Waals surface area contributed by atoms with E-state index < -0.39 is 12.0 Å². The molecule has 16 heavy (non-hydrogen) atoms. The maximum Gasteiger partial charge on any atom is 0.329 e. The Hall–Kier alpha value is -1.20. The number of halogens is 1. The van der Waals surface area contributed by atoms with Gasteiger partial charge in [-0.1, -0.05) is 11.6 Å². The van der Waals surface area contributed by atoms with Crippen molar-refractivity contribution < 1.29 is 15.0 Å². The minimum absolute atomic E-state index is 0.0760. The lowest BCUT2D eigenvalue weighted by atomic mass is 10.2.